The second-order valence-electron chi connectivity index (χ2n) is 9.37. The minimum atomic E-state index is -1.01. The fraction of sp³-hybridized carbons (Fsp3) is 0.290. The number of benzene rings is 3. The van der Waals surface area contributed by atoms with E-state index in [9.17, 15) is 14.7 Å². The van der Waals surface area contributed by atoms with Crippen LogP contribution in [0.25, 0.3) is 11.0 Å². The Balaban J connectivity index is 1.56. The van der Waals surface area contributed by atoms with Crippen molar-refractivity contribution >= 4 is 16.9 Å². The van der Waals surface area contributed by atoms with Crippen LogP contribution in [0.5, 0.6) is 40.2 Å². The number of para-hydroxylation sites is 1. The lowest BCUT2D eigenvalue weighted by Gasteiger charge is -2.22. The van der Waals surface area contributed by atoms with Gasteiger partial charge >= 0.3 is 5.63 Å². The van der Waals surface area contributed by atoms with Crippen molar-refractivity contribution in [2.75, 3.05) is 34.7 Å². The average molecular weight is 578 g/mol. The third-order valence-electron chi connectivity index (χ3n) is 6.97. The molecule has 5 rings (SSSR count). The largest absolute Gasteiger partial charge is 0.507 e. The first-order valence-corrected chi connectivity index (χ1v) is 13.3. The molecular formula is C31H31NO10. The Morgan fingerprint density at radius 1 is 0.976 bits per heavy atom. The SMILES string of the molecule is CCOc1cc(CNC(=O)C[C@H](c2cc(OC)c3c(c2OC)OCO3)c2c(O)c3ccccc3oc2=O)ccc1OC. The molecule has 3 aromatic carbocycles. The molecule has 11 heteroatoms. The maximum atomic E-state index is 13.5. The highest BCUT2D eigenvalue weighted by molar-refractivity contribution is 5.85. The van der Waals surface area contributed by atoms with Crippen LogP contribution in [0, 0.1) is 0 Å². The lowest BCUT2D eigenvalue weighted by molar-refractivity contribution is -0.121. The first-order chi connectivity index (χ1) is 20.4. The summed E-state index contributed by atoms with van der Waals surface area (Å²) < 4.78 is 39.0. The number of amides is 1. The molecule has 1 aliphatic heterocycles. The lowest BCUT2D eigenvalue weighted by atomic mass is 9.86. The van der Waals surface area contributed by atoms with Gasteiger partial charge in [0, 0.05) is 24.4 Å². The van der Waals surface area contributed by atoms with Gasteiger partial charge in [-0.15, -0.1) is 0 Å². The normalized spacial score (nSPS) is 12.6. The van der Waals surface area contributed by atoms with Crippen LogP contribution in [-0.4, -0.2) is 45.7 Å². The van der Waals surface area contributed by atoms with E-state index in [0.29, 0.717) is 40.6 Å². The van der Waals surface area contributed by atoms with Crippen molar-refractivity contribution in [3.05, 3.63) is 75.6 Å². The van der Waals surface area contributed by atoms with Gasteiger partial charge in [-0.05, 0) is 42.8 Å². The van der Waals surface area contributed by atoms with Gasteiger partial charge in [0.05, 0.1) is 38.9 Å². The quantitative estimate of drug-likeness (QED) is 0.246. The van der Waals surface area contributed by atoms with Crippen molar-refractivity contribution in [3.8, 4) is 40.2 Å². The van der Waals surface area contributed by atoms with E-state index in [1.807, 2.05) is 13.0 Å². The van der Waals surface area contributed by atoms with Crippen molar-refractivity contribution in [2.45, 2.75) is 25.8 Å². The van der Waals surface area contributed by atoms with E-state index in [4.69, 9.17) is 32.8 Å². The number of hydrogen-bond acceptors (Lipinski definition) is 10. The summed E-state index contributed by atoms with van der Waals surface area (Å²) in [4.78, 5) is 26.8. The first-order valence-electron chi connectivity index (χ1n) is 13.3. The molecule has 0 radical (unpaired) electrons. The van der Waals surface area contributed by atoms with Gasteiger partial charge in [-0.25, -0.2) is 4.79 Å². The fourth-order valence-corrected chi connectivity index (χ4v) is 5.03. The van der Waals surface area contributed by atoms with Crippen LogP contribution in [0.1, 0.15) is 36.0 Å². The van der Waals surface area contributed by atoms with Gasteiger partial charge in [0.15, 0.2) is 23.0 Å². The molecule has 220 valence electrons. The van der Waals surface area contributed by atoms with Crippen LogP contribution >= 0.6 is 0 Å². The van der Waals surface area contributed by atoms with Crippen LogP contribution < -0.4 is 39.4 Å². The van der Waals surface area contributed by atoms with Gasteiger partial charge in [0.25, 0.3) is 0 Å². The molecule has 0 unspecified atom stereocenters. The second-order valence-corrected chi connectivity index (χ2v) is 9.37. The number of fused-ring (bicyclic) bond motifs is 2. The van der Waals surface area contributed by atoms with Crippen LogP contribution in [-0.2, 0) is 11.3 Å². The number of aromatic hydroxyl groups is 1. The Labute approximate surface area is 241 Å². The third kappa shape index (κ3) is 5.32. The topological polar surface area (TPSA) is 135 Å². The van der Waals surface area contributed by atoms with Gasteiger partial charge in [-0.3, -0.25) is 4.79 Å². The van der Waals surface area contributed by atoms with E-state index >= 15 is 0 Å². The van der Waals surface area contributed by atoms with E-state index in [1.165, 1.54) is 14.2 Å². The van der Waals surface area contributed by atoms with Crippen LogP contribution in [0.4, 0.5) is 0 Å². The van der Waals surface area contributed by atoms with Crippen molar-refractivity contribution < 1.29 is 42.7 Å². The van der Waals surface area contributed by atoms with Crippen molar-refractivity contribution in [3.63, 3.8) is 0 Å². The molecule has 1 atom stereocenters. The molecule has 0 fully saturated rings. The molecule has 0 saturated carbocycles. The summed E-state index contributed by atoms with van der Waals surface area (Å²) in [5.74, 6) is 0.576. The van der Waals surface area contributed by atoms with Crippen LogP contribution in [0.3, 0.4) is 0 Å². The van der Waals surface area contributed by atoms with Gasteiger partial charge in [-0.1, -0.05) is 18.2 Å². The summed E-state index contributed by atoms with van der Waals surface area (Å²) in [7, 11) is 4.45. The monoisotopic (exact) mass is 577 g/mol. The molecule has 2 N–H and O–H groups in total. The fourth-order valence-electron chi connectivity index (χ4n) is 5.03. The highest BCUT2D eigenvalue weighted by Crippen LogP contribution is 2.53. The molecule has 0 saturated heterocycles. The molecule has 11 nitrogen and oxygen atoms in total. The summed E-state index contributed by atoms with van der Waals surface area (Å²) in [6.07, 6.45) is -0.246. The summed E-state index contributed by atoms with van der Waals surface area (Å²) >= 11 is 0. The van der Waals surface area contributed by atoms with E-state index in [1.54, 1.807) is 49.6 Å². The van der Waals surface area contributed by atoms with Crippen molar-refractivity contribution in [1.82, 2.24) is 5.32 Å². The Morgan fingerprint density at radius 3 is 2.48 bits per heavy atom. The molecular weight excluding hydrogens is 546 g/mol. The smallest absolute Gasteiger partial charge is 0.343 e. The molecule has 4 aromatic rings. The van der Waals surface area contributed by atoms with E-state index < -0.39 is 17.5 Å². The maximum Gasteiger partial charge on any atom is 0.343 e. The molecule has 42 heavy (non-hydrogen) atoms. The molecule has 0 bridgehead atoms. The molecule has 1 amide bonds. The second kappa shape index (κ2) is 12.2. The minimum absolute atomic E-state index is 0.0639. The van der Waals surface area contributed by atoms with Gasteiger partial charge in [-0.2, -0.15) is 0 Å². The summed E-state index contributed by atoms with van der Waals surface area (Å²) in [6.45, 7) is 2.43. The van der Waals surface area contributed by atoms with Gasteiger partial charge < -0.3 is 43.3 Å². The maximum absolute atomic E-state index is 13.5. The number of carbonyl (C=O) groups is 1. The number of hydrogen-bond donors (Lipinski definition) is 2. The zero-order valence-electron chi connectivity index (χ0n) is 23.6. The van der Waals surface area contributed by atoms with E-state index in [2.05, 4.69) is 5.32 Å². The Bertz CT molecular complexity index is 1680. The minimum Gasteiger partial charge on any atom is -0.507 e. The van der Waals surface area contributed by atoms with E-state index in [-0.39, 0.29) is 48.2 Å². The predicted molar refractivity (Wildman–Crippen MR) is 152 cm³/mol. The summed E-state index contributed by atoms with van der Waals surface area (Å²) in [5.41, 5.74) is 0.464. The molecule has 1 aliphatic rings. The zero-order chi connectivity index (χ0) is 29.8. The Hall–Kier alpha value is -5.06. The first kappa shape index (κ1) is 28.5. The van der Waals surface area contributed by atoms with Crippen molar-refractivity contribution in [2.24, 2.45) is 0 Å². The van der Waals surface area contributed by atoms with Crippen LogP contribution in [0.15, 0.2) is 57.7 Å². The zero-order valence-corrected chi connectivity index (χ0v) is 23.6. The highest BCUT2D eigenvalue weighted by atomic mass is 16.7. The van der Waals surface area contributed by atoms with Gasteiger partial charge in [0.1, 0.15) is 11.3 Å². The van der Waals surface area contributed by atoms with Crippen LogP contribution in [0.2, 0.25) is 0 Å². The number of methoxy groups -OCH3 is 3. The third-order valence-corrected chi connectivity index (χ3v) is 6.97. The highest BCUT2D eigenvalue weighted by Gasteiger charge is 2.35. The standard InChI is InChI=1S/C31H31NO10/c1-5-39-23-12-17(10-11-22(23)36-2)15-32-25(33)14-19(26-27(34)18-8-6-7-9-21(18)42-31(26)35)20-13-24(37-3)29-30(28(20)38-4)41-16-40-29/h6-13,19,34H,5,14-16H2,1-4H3,(H,32,33)/t19-/m1/s1. The molecule has 1 aromatic heterocycles. The van der Waals surface area contributed by atoms with E-state index in [0.717, 1.165) is 5.56 Å². The van der Waals surface area contributed by atoms with Crippen molar-refractivity contribution in [1.29, 1.82) is 0 Å². The molecule has 0 aliphatic carbocycles. The lowest BCUT2D eigenvalue weighted by Crippen LogP contribution is -2.27. The number of rotatable bonds is 11. The van der Waals surface area contributed by atoms with Gasteiger partial charge in [0.2, 0.25) is 24.2 Å². The number of ether oxygens (including phenoxy) is 6. The number of nitrogens with one attached hydrogen (secondary N) is 1. The Kier molecular flexibility index (Phi) is 8.28. The predicted octanol–water partition coefficient (Wildman–Crippen LogP) is 4.49. The summed E-state index contributed by atoms with van der Waals surface area (Å²) in [5, 5.41) is 14.6. The number of carbonyl (C=O) groups excluding carboxylic acids is 1. The summed E-state index contributed by atoms with van der Waals surface area (Å²) in [6, 6.07) is 13.6. The Morgan fingerprint density at radius 2 is 1.74 bits per heavy atom. The molecule has 2 heterocycles. The molecule has 0 spiro atoms. The average Bonchev–Trinajstić information content (AvgIpc) is 3.49.